The SMILES string of the molecule is F[PH2+]c1ccccc1. The Labute approximate surface area is 49.6 Å². The molecule has 0 N–H and O–H groups in total. The summed E-state index contributed by atoms with van der Waals surface area (Å²) in [6.45, 7) is 0. The molecule has 2 heteroatoms. The van der Waals surface area contributed by atoms with Crippen LogP contribution in [0.1, 0.15) is 0 Å². The summed E-state index contributed by atoms with van der Waals surface area (Å²) >= 11 is 0. The van der Waals surface area contributed by atoms with Crippen LogP contribution in [-0.4, -0.2) is 0 Å². The van der Waals surface area contributed by atoms with Crippen molar-refractivity contribution in [3.63, 3.8) is 0 Å². The third-order valence-electron chi connectivity index (χ3n) is 0.926. The molecule has 0 radical (unpaired) electrons. The van der Waals surface area contributed by atoms with Gasteiger partial charge in [-0.05, 0) is 12.1 Å². The van der Waals surface area contributed by atoms with Crippen LogP contribution >= 0.6 is 8.89 Å². The number of hydrogen-bond donors (Lipinski definition) is 0. The van der Waals surface area contributed by atoms with Crippen molar-refractivity contribution in [1.29, 1.82) is 0 Å². The topological polar surface area (TPSA) is 0 Å². The molecule has 0 amide bonds. The van der Waals surface area contributed by atoms with Gasteiger partial charge in [0, 0.05) is 0 Å². The van der Waals surface area contributed by atoms with E-state index in [9.17, 15) is 4.20 Å². The summed E-state index contributed by atoms with van der Waals surface area (Å²) in [7, 11) is -0.989. The van der Waals surface area contributed by atoms with Crippen molar-refractivity contribution in [2.75, 3.05) is 0 Å². The zero-order chi connectivity index (χ0) is 5.82. The fourth-order valence-corrected chi connectivity index (χ4v) is 0.893. The van der Waals surface area contributed by atoms with Gasteiger partial charge in [0.15, 0.2) is 0 Å². The standard InChI is InChI=1S/C6H6FP/c7-8-6-4-2-1-3-5-6/h1-5,8H/p+1. The minimum atomic E-state index is -0.989. The van der Waals surface area contributed by atoms with Crippen molar-refractivity contribution >= 4 is 14.2 Å². The summed E-state index contributed by atoms with van der Waals surface area (Å²) in [6, 6.07) is 9.19. The highest BCUT2D eigenvalue weighted by atomic mass is 31.1. The molecule has 0 spiro atoms. The highest BCUT2D eigenvalue weighted by Crippen LogP contribution is 2.08. The quantitative estimate of drug-likeness (QED) is 0.505. The molecule has 8 heavy (non-hydrogen) atoms. The minimum Gasteiger partial charge on any atom is -0.0647 e. The van der Waals surface area contributed by atoms with Gasteiger partial charge in [0.2, 0.25) is 8.89 Å². The van der Waals surface area contributed by atoms with E-state index >= 15 is 0 Å². The molecule has 0 heterocycles. The predicted octanol–water partition coefficient (Wildman–Crippen LogP) is 1.61. The zero-order valence-corrected chi connectivity index (χ0v) is 5.50. The van der Waals surface area contributed by atoms with E-state index in [-0.39, 0.29) is 0 Å². The van der Waals surface area contributed by atoms with Crippen molar-refractivity contribution in [2.24, 2.45) is 0 Å². The Morgan fingerprint density at radius 1 is 1.12 bits per heavy atom. The van der Waals surface area contributed by atoms with Crippen LogP contribution in [0, 0.1) is 0 Å². The average Bonchev–Trinajstić information content (AvgIpc) is 1.90. The van der Waals surface area contributed by atoms with Crippen molar-refractivity contribution in [2.45, 2.75) is 0 Å². The van der Waals surface area contributed by atoms with Crippen molar-refractivity contribution in [1.82, 2.24) is 0 Å². The van der Waals surface area contributed by atoms with Gasteiger partial charge in [-0.25, -0.2) is 0 Å². The lowest BCUT2D eigenvalue weighted by molar-refractivity contribution is 0.929. The third-order valence-corrected chi connectivity index (χ3v) is 1.56. The summed E-state index contributed by atoms with van der Waals surface area (Å²) in [5, 5.41) is 0.826. The van der Waals surface area contributed by atoms with Crippen LogP contribution in [0.15, 0.2) is 30.3 Å². The predicted molar refractivity (Wildman–Crippen MR) is 36.9 cm³/mol. The molecule has 0 aliphatic heterocycles. The van der Waals surface area contributed by atoms with Crippen LogP contribution in [0.5, 0.6) is 0 Å². The highest BCUT2D eigenvalue weighted by molar-refractivity contribution is 7.41. The normalized spacial score (nSPS) is 10.6. The van der Waals surface area contributed by atoms with Crippen molar-refractivity contribution < 1.29 is 4.20 Å². The van der Waals surface area contributed by atoms with Crippen LogP contribution in [0.25, 0.3) is 0 Å². The molecular weight excluding hydrogens is 122 g/mol. The van der Waals surface area contributed by atoms with Gasteiger partial charge in [-0.1, -0.05) is 22.4 Å². The Bertz CT molecular complexity index is 150. The van der Waals surface area contributed by atoms with Crippen LogP contribution < -0.4 is 5.30 Å². The molecule has 0 saturated heterocycles. The van der Waals surface area contributed by atoms with E-state index in [0.717, 1.165) is 5.30 Å². The minimum absolute atomic E-state index is 0.826. The van der Waals surface area contributed by atoms with Gasteiger partial charge in [0.25, 0.3) is 0 Å². The van der Waals surface area contributed by atoms with Gasteiger partial charge in [-0.3, -0.25) is 0 Å². The Balaban J connectivity index is 2.83. The van der Waals surface area contributed by atoms with Crippen LogP contribution in [0.2, 0.25) is 0 Å². The molecule has 1 aromatic carbocycles. The van der Waals surface area contributed by atoms with Crippen LogP contribution in [0.4, 0.5) is 4.20 Å². The summed E-state index contributed by atoms with van der Waals surface area (Å²) in [6.07, 6.45) is 0. The van der Waals surface area contributed by atoms with Gasteiger partial charge in [-0.2, -0.15) is 0 Å². The zero-order valence-electron chi connectivity index (χ0n) is 4.34. The molecule has 0 fully saturated rings. The third kappa shape index (κ3) is 1.28. The Kier molecular flexibility index (Phi) is 1.99. The van der Waals surface area contributed by atoms with E-state index in [1.54, 1.807) is 12.1 Å². The summed E-state index contributed by atoms with van der Waals surface area (Å²) in [4.78, 5) is 0. The fourth-order valence-electron chi connectivity index (χ4n) is 0.526. The molecule has 1 unspecified atom stereocenters. The molecular formula is C6H7FP+. The van der Waals surface area contributed by atoms with E-state index < -0.39 is 8.89 Å². The second-order valence-electron chi connectivity index (χ2n) is 1.52. The molecule has 1 rings (SSSR count). The Morgan fingerprint density at radius 2 is 1.75 bits per heavy atom. The largest absolute Gasteiger partial charge is 0.209 e. The van der Waals surface area contributed by atoms with Crippen LogP contribution in [0.3, 0.4) is 0 Å². The molecule has 0 bridgehead atoms. The van der Waals surface area contributed by atoms with E-state index in [0.29, 0.717) is 0 Å². The molecule has 0 aromatic heterocycles. The number of halogens is 1. The average molecular weight is 129 g/mol. The lowest BCUT2D eigenvalue weighted by atomic mass is 10.4. The molecule has 0 aliphatic carbocycles. The summed E-state index contributed by atoms with van der Waals surface area (Å²) < 4.78 is 11.8. The fraction of sp³-hybridized carbons (Fsp3) is 0. The maximum Gasteiger partial charge on any atom is 0.209 e. The first-order chi connectivity index (χ1) is 3.93. The van der Waals surface area contributed by atoms with E-state index in [4.69, 9.17) is 0 Å². The van der Waals surface area contributed by atoms with Crippen LogP contribution in [-0.2, 0) is 0 Å². The first-order valence-corrected chi connectivity index (χ1v) is 3.43. The van der Waals surface area contributed by atoms with Gasteiger partial charge >= 0.3 is 0 Å². The highest BCUT2D eigenvalue weighted by Gasteiger charge is 1.91. The van der Waals surface area contributed by atoms with E-state index in [2.05, 4.69) is 0 Å². The summed E-state index contributed by atoms with van der Waals surface area (Å²) in [5.74, 6) is 0. The maximum atomic E-state index is 11.8. The molecule has 0 saturated carbocycles. The molecule has 42 valence electrons. The number of rotatable bonds is 1. The second kappa shape index (κ2) is 2.78. The van der Waals surface area contributed by atoms with Gasteiger partial charge in [0.1, 0.15) is 5.30 Å². The molecule has 0 aliphatic rings. The van der Waals surface area contributed by atoms with Gasteiger partial charge < -0.3 is 0 Å². The van der Waals surface area contributed by atoms with Gasteiger partial charge in [-0.15, -0.1) is 0 Å². The molecule has 0 nitrogen and oxygen atoms in total. The van der Waals surface area contributed by atoms with E-state index in [1.165, 1.54) is 0 Å². The summed E-state index contributed by atoms with van der Waals surface area (Å²) in [5.41, 5.74) is 0. The number of hydrogen-bond acceptors (Lipinski definition) is 0. The van der Waals surface area contributed by atoms with Crippen molar-refractivity contribution in [3.05, 3.63) is 30.3 Å². The van der Waals surface area contributed by atoms with Gasteiger partial charge in [0.05, 0.1) is 0 Å². The molecule has 1 atom stereocenters. The lowest BCUT2D eigenvalue weighted by Crippen LogP contribution is -1.86. The van der Waals surface area contributed by atoms with Crippen molar-refractivity contribution in [3.8, 4) is 0 Å². The monoisotopic (exact) mass is 129 g/mol. The molecule has 1 aromatic rings. The maximum absolute atomic E-state index is 11.8. The smallest absolute Gasteiger partial charge is 0.0647 e. The number of benzene rings is 1. The first-order valence-electron chi connectivity index (χ1n) is 2.42. The van der Waals surface area contributed by atoms with E-state index in [1.807, 2.05) is 18.2 Å². The Hall–Kier alpha value is -0.420. The lowest BCUT2D eigenvalue weighted by Gasteiger charge is -1.80. The Morgan fingerprint density at radius 3 is 2.12 bits per heavy atom. The first kappa shape index (κ1) is 5.71. The second-order valence-corrected chi connectivity index (χ2v) is 2.40.